The van der Waals surface area contributed by atoms with E-state index >= 15 is 0 Å². The zero-order chi connectivity index (χ0) is 20.5. The molecule has 164 valence electrons. The third-order valence-electron chi connectivity index (χ3n) is 5.12. The number of benzene rings is 1. The van der Waals surface area contributed by atoms with E-state index in [0.29, 0.717) is 13.2 Å². The Bertz CT molecular complexity index is 780. The normalized spacial score (nSPS) is 14.8. The number of aliphatic imine (C=N–C) groups is 1. The Labute approximate surface area is 197 Å². The number of hydrogen-bond donors (Lipinski definition) is 1. The predicted molar refractivity (Wildman–Crippen MR) is 134 cm³/mol. The molecule has 0 unspecified atom stereocenters. The zero-order valence-electron chi connectivity index (χ0n) is 18.1. The van der Waals surface area contributed by atoms with Gasteiger partial charge in [0.1, 0.15) is 18.2 Å². The van der Waals surface area contributed by atoms with Crippen LogP contribution in [0, 0.1) is 0 Å². The number of rotatable bonds is 7. The minimum atomic E-state index is 0. The van der Waals surface area contributed by atoms with E-state index in [-0.39, 0.29) is 24.0 Å². The van der Waals surface area contributed by atoms with E-state index in [1.807, 2.05) is 56.7 Å². The highest BCUT2D eigenvalue weighted by Crippen LogP contribution is 2.18. The molecule has 0 spiro atoms. The summed E-state index contributed by atoms with van der Waals surface area (Å²) in [5, 5.41) is 3.47. The summed E-state index contributed by atoms with van der Waals surface area (Å²) in [6, 6.07) is 14.0. The van der Waals surface area contributed by atoms with Crippen molar-refractivity contribution < 1.29 is 4.74 Å². The van der Waals surface area contributed by atoms with E-state index in [4.69, 9.17) is 4.74 Å². The van der Waals surface area contributed by atoms with Crippen molar-refractivity contribution in [3.05, 3.63) is 54.2 Å². The van der Waals surface area contributed by atoms with Gasteiger partial charge in [0, 0.05) is 58.6 Å². The highest BCUT2D eigenvalue weighted by atomic mass is 127. The van der Waals surface area contributed by atoms with E-state index in [1.165, 1.54) is 5.56 Å². The standard InChI is InChI=1S/C22H32N6O.HI/c1-23-22(27(3)16-17-29-20-9-5-4-6-10-20)25-18-19-8-7-11-24-21(19)28-14-12-26(2)13-15-28;/h4-11H,12-18H2,1-3H3,(H,23,25);1H. The molecule has 30 heavy (non-hydrogen) atoms. The number of ether oxygens (including phenoxy) is 1. The van der Waals surface area contributed by atoms with Gasteiger partial charge in [0.25, 0.3) is 0 Å². The topological polar surface area (TPSA) is 56.2 Å². The molecule has 0 bridgehead atoms. The summed E-state index contributed by atoms with van der Waals surface area (Å²) >= 11 is 0. The highest BCUT2D eigenvalue weighted by Gasteiger charge is 2.18. The maximum absolute atomic E-state index is 5.80. The Hall–Kier alpha value is -2.07. The van der Waals surface area contributed by atoms with Gasteiger partial charge in [0.05, 0.1) is 6.54 Å². The molecule has 1 fully saturated rings. The average molecular weight is 524 g/mol. The SMILES string of the molecule is CN=C(NCc1cccnc1N1CCN(C)CC1)N(C)CCOc1ccccc1.I. The maximum Gasteiger partial charge on any atom is 0.193 e. The van der Waals surface area contributed by atoms with Crippen LogP contribution in [0.25, 0.3) is 0 Å². The first-order valence-corrected chi connectivity index (χ1v) is 10.1. The van der Waals surface area contributed by atoms with E-state index in [1.54, 1.807) is 0 Å². The number of piperazine rings is 1. The number of guanidine groups is 1. The highest BCUT2D eigenvalue weighted by molar-refractivity contribution is 14.0. The number of aromatic nitrogens is 1. The Morgan fingerprint density at radius 1 is 1.13 bits per heavy atom. The molecule has 7 nitrogen and oxygen atoms in total. The summed E-state index contributed by atoms with van der Waals surface area (Å²) in [5.74, 6) is 2.80. The Balaban J connectivity index is 0.00000320. The first-order chi connectivity index (χ1) is 14.2. The molecule has 8 heteroatoms. The van der Waals surface area contributed by atoms with Crippen molar-refractivity contribution in [2.45, 2.75) is 6.54 Å². The Morgan fingerprint density at radius 3 is 2.57 bits per heavy atom. The third kappa shape index (κ3) is 7.02. The van der Waals surface area contributed by atoms with Gasteiger partial charge in [-0.3, -0.25) is 4.99 Å². The van der Waals surface area contributed by atoms with E-state index in [0.717, 1.165) is 50.3 Å². The number of nitrogens with zero attached hydrogens (tertiary/aromatic N) is 5. The van der Waals surface area contributed by atoms with Crippen LogP contribution in [0.3, 0.4) is 0 Å². The van der Waals surface area contributed by atoms with Gasteiger partial charge in [0.15, 0.2) is 5.96 Å². The maximum atomic E-state index is 5.80. The van der Waals surface area contributed by atoms with Crippen LogP contribution < -0.4 is 15.0 Å². The fourth-order valence-electron chi connectivity index (χ4n) is 3.35. The lowest BCUT2D eigenvalue weighted by Crippen LogP contribution is -2.45. The molecular formula is C22H33IN6O. The van der Waals surface area contributed by atoms with Crippen LogP contribution in [-0.2, 0) is 6.54 Å². The molecule has 0 aliphatic carbocycles. The van der Waals surface area contributed by atoms with Gasteiger partial charge in [-0.2, -0.15) is 0 Å². The summed E-state index contributed by atoms with van der Waals surface area (Å²) < 4.78 is 5.80. The fourth-order valence-corrected chi connectivity index (χ4v) is 3.35. The molecule has 1 aromatic carbocycles. The lowest BCUT2D eigenvalue weighted by Gasteiger charge is -2.34. The van der Waals surface area contributed by atoms with Gasteiger partial charge in [-0.1, -0.05) is 24.3 Å². The first kappa shape index (κ1) is 24.2. The average Bonchev–Trinajstić information content (AvgIpc) is 2.76. The third-order valence-corrected chi connectivity index (χ3v) is 5.12. The Kier molecular flexibility index (Phi) is 10.2. The predicted octanol–water partition coefficient (Wildman–Crippen LogP) is 2.54. The molecule has 0 saturated carbocycles. The summed E-state index contributed by atoms with van der Waals surface area (Å²) in [7, 11) is 6.00. The van der Waals surface area contributed by atoms with E-state index in [2.05, 4.69) is 43.1 Å². The molecule has 1 aromatic heterocycles. The van der Waals surface area contributed by atoms with Crippen molar-refractivity contribution in [1.82, 2.24) is 20.1 Å². The number of likely N-dealkylation sites (N-methyl/N-ethyl adjacent to an activating group) is 2. The number of pyridine rings is 1. The van der Waals surface area contributed by atoms with Gasteiger partial charge in [0.2, 0.25) is 0 Å². The van der Waals surface area contributed by atoms with Crippen LogP contribution in [0.2, 0.25) is 0 Å². The molecule has 1 aliphatic heterocycles. The summed E-state index contributed by atoms with van der Waals surface area (Å²) in [4.78, 5) is 15.9. The molecule has 1 saturated heterocycles. The van der Waals surface area contributed by atoms with Crippen molar-refractivity contribution in [3.8, 4) is 5.75 Å². The lowest BCUT2D eigenvalue weighted by molar-refractivity contribution is 0.281. The fraction of sp³-hybridized carbons (Fsp3) is 0.455. The minimum absolute atomic E-state index is 0. The van der Waals surface area contributed by atoms with Crippen molar-refractivity contribution in [2.24, 2.45) is 4.99 Å². The number of hydrogen-bond acceptors (Lipinski definition) is 5. The van der Waals surface area contributed by atoms with Crippen LogP contribution >= 0.6 is 24.0 Å². The zero-order valence-corrected chi connectivity index (χ0v) is 20.5. The van der Waals surface area contributed by atoms with Gasteiger partial charge >= 0.3 is 0 Å². The Morgan fingerprint density at radius 2 is 1.87 bits per heavy atom. The van der Waals surface area contributed by atoms with Gasteiger partial charge in [-0.05, 0) is 25.2 Å². The first-order valence-electron chi connectivity index (χ1n) is 10.1. The van der Waals surface area contributed by atoms with E-state index in [9.17, 15) is 0 Å². The molecular weight excluding hydrogens is 491 g/mol. The van der Waals surface area contributed by atoms with Crippen molar-refractivity contribution in [3.63, 3.8) is 0 Å². The molecule has 3 rings (SSSR count). The summed E-state index contributed by atoms with van der Waals surface area (Å²) in [6.07, 6.45) is 1.87. The second-order valence-electron chi connectivity index (χ2n) is 7.26. The van der Waals surface area contributed by atoms with Crippen LogP contribution in [0.15, 0.2) is 53.7 Å². The smallest absolute Gasteiger partial charge is 0.193 e. The number of anilines is 1. The molecule has 1 N–H and O–H groups in total. The minimum Gasteiger partial charge on any atom is -0.492 e. The number of halogens is 1. The van der Waals surface area contributed by atoms with Crippen molar-refractivity contribution >= 4 is 35.8 Å². The van der Waals surface area contributed by atoms with Gasteiger partial charge in [-0.25, -0.2) is 4.98 Å². The van der Waals surface area contributed by atoms with Crippen molar-refractivity contribution in [2.75, 3.05) is 65.4 Å². The lowest BCUT2D eigenvalue weighted by atomic mass is 10.2. The number of nitrogens with one attached hydrogen (secondary N) is 1. The van der Waals surface area contributed by atoms with Crippen LogP contribution in [-0.4, -0.2) is 81.2 Å². The molecule has 1 aliphatic rings. The molecule has 0 amide bonds. The quantitative estimate of drug-likeness (QED) is 0.342. The monoisotopic (exact) mass is 524 g/mol. The molecule has 0 atom stereocenters. The second-order valence-corrected chi connectivity index (χ2v) is 7.26. The van der Waals surface area contributed by atoms with Gasteiger partial charge in [-0.15, -0.1) is 24.0 Å². The second kappa shape index (κ2) is 12.6. The summed E-state index contributed by atoms with van der Waals surface area (Å²) in [6.45, 7) is 6.17. The number of para-hydroxylation sites is 1. The van der Waals surface area contributed by atoms with Crippen LogP contribution in [0.5, 0.6) is 5.75 Å². The molecule has 2 heterocycles. The van der Waals surface area contributed by atoms with Gasteiger partial charge < -0.3 is 24.8 Å². The summed E-state index contributed by atoms with van der Waals surface area (Å²) in [5.41, 5.74) is 1.19. The van der Waals surface area contributed by atoms with Crippen molar-refractivity contribution in [1.29, 1.82) is 0 Å². The van der Waals surface area contributed by atoms with Crippen LogP contribution in [0.1, 0.15) is 5.56 Å². The largest absolute Gasteiger partial charge is 0.492 e. The molecule has 0 radical (unpaired) electrons. The molecule has 2 aromatic rings. The van der Waals surface area contributed by atoms with Crippen LogP contribution in [0.4, 0.5) is 5.82 Å². The van der Waals surface area contributed by atoms with E-state index < -0.39 is 0 Å².